The molecular weight excluding hydrogens is 235 g/mol. The van der Waals surface area contributed by atoms with Crippen molar-refractivity contribution in [2.24, 2.45) is 0 Å². The van der Waals surface area contributed by atoms with Gasteiger partial charge in [-0.3, -0.25) is 0 Å². The van der Waals surface area contributed by atoms with Crippen molar-refractivity contribution in [3.8, 4) is 0 Å². The van der Waals surface area contributed by atoms with Crippen molar-refractivity contribution in [3.05, 3.63) is 33.3 Å². The molecule has 82 valence electrons. The Kier molecular flexibility index (Phi) is 3.31. The zero-order chi connectivity index (χ0) is 11.8. The quantitative estimate of drug-likeness (QED) is 0.814. The molecule has 0 spiro atoms. The molecule has 0 bridgehead atoms. The Morgan fingerprint density at radius 3 is 1.87 bits per heavy atom. The summed E-state index contributed by atoms with van der Waals surface area (Å²) in [5.74, 6) is -1.11. The van der Waals surface area contributed by atoms with Crippen molar-refractivity contribution in [3.63, 3.8) is 0 Å². The van der Waals surface area contributed by atoms with Gasteiger partial charge in [0, 0.05) is 0 Å². The topological polar surface area (TPSA) is 37.3 Å². The fourth-order valence-electron chi connectivity index (χ4n) is 1.21. The summed E-state index contributed by atoms with van der Waals surface area (Å²) in [6, 6.07) is 3.30. The lowest BCUT2D eigenvalue weighted by atomic mass is 9.86. The fourth-order valence-corrected chi connectivity index (χ4v) is 1.86. The molecular formula is C11H12Cl2O2. The number of carbonyl (C=O) groups is 1. The Hall–Kier alpha value is -0.730. The number of hydrogen-bond donors (Lipinski definition) is 1. The molecule has 4 heteroatoms. The van der Waals surface area contributed by atoms with E-state index in [-0.39, 0.29) is 21.0 Å². The van der Waals surface area contributed by atoms with Gasteiger partial charge in [-0.1, -0.05) is 44.0 Å². The van der Waals surface area contributed by atoms with Crippen LogP contribution in [0.4, 0.5) is 0 Å². The molecule has 0 unspecified atom stereocenters. The van der Waals surface area contributed by atoms with E-state index in [1.165, 1.54) is 0 Å². The van der Waals surface area contributed by atoms with Gasteiger partial charge in [0.1, 0.15) is 0 Å². The molecule has 0 aromatic heterocycles. The largest absolute Gasteiger partial charge is 0.478 e. The van der Waals surface area contributed by atoms with Crippen LogP contribution in [0.15, 0.2) is 12.1 Å². The standard InChI is InChI=1S/C11H12Cl2O2/c1-11(2,3)6-4-7(12)9(10(14)15)8(13)5-6/h4-5H,1-3H3,(H,14,15). The van der Waals surface area contributed by atoms with Crippen LogP contribution >= 0.6 is 23.2 Å². The molecule has 0 saturated heterocycles. The summed E-state index contributed by atoms with van der Waals surface area (Å²) in [6.45, 7) is 6.03. The predicted octanol–water partition coefficient (Wildman–Crippen LogP) is 3.99. The second-order valence-corrected chi connectivity index (χ2v) is 5.18. The second-order valence-electron chi connectivity index (χ2n) is 4.37. The molecule has 15 heavy (non-hydrogen) atoms. The molecule has 1 aromatic carbocycles. The van der Waals surface area contributed by atoms with Gasteiger partial charge in [0.15, 0.2) is 0 Å². The maximum absolute atomic E-state index is 10.8. The van der Waals surface area contributed by atoms with Crippen LogP contribution in [-0.2, 0) is 5.41 Å². The highest BCUT2D eigenvalue weighted by Gasteiger charge is 2.20. The number of hydrogen-bond acceptors (Lipinski definition) is 1. The van der Waals surface area contributed by atoms with Gasteiger partial charge in [0.05, 0.1) is 15.6 Å². The molecule has 2 nitrogen and oxygen atoms in total. The van der Waals surface area contributed by atoms with E-state index in [0.717, 1.165) is 5.56 Å². The van der Waals surface area contributed by atoms with Gasteiger partial charge in [0.25, 0.3) is 0 Å². The van der Waals surface area contributed by atoms with E-state index in [1.807, 2.05) is 20.8 Å². The van der Waals surface area contributed by atoms with E-state index in [9.17, 15) is 4.79 Å². The highest BCUT2D eigenvalue weighted by Crippen LogP contribution is 2.32. The van der Waals surface area contributed by atoms with Crippen LogP contribution in [0.25, 0.3) is 0 Å². The number of halogens is 2. The molecule has 1 rings (SSSR count). The number of rotatable bonds is 1. The van der Waals surface area contributed by atoms with Crippen molar-refractivity contribution in [1.29, 1.82) is 0 Å². The van der Waals surface area contributed by atoms with Gasteiger partial charge in [-0.05, 0) is 23.1 Å². The summed E-state index contributed by atoms with van der Waals surface area (Å²) in [6.07, 6.45) is 0. The minimum Gasteiger partial charge on any atom is -0.478 e. The van der Waals surface area contributed by atoms with Crippen molar-refractivity contribution in [2.45, 2.75) is 26.2 Å². The first-order valence-corrected chi connectivity index (χ1v) is 5.22. The summed E-state index contributed by atoms with van der Waals surface area (Å²) >= 11 is 11.7. The molecule has 0 atom stereocenters. The zero-order valence-electron chi connectivity index (χ0n) is 8.77. The van der Waals surface area contributed by atoms with Crippen LogP contribution < -0.4 is 0 Å². The highest BCUT2D eigenvalue weighted by molar-refractivity contribution is 6.39. The monoisotopic (exact) mass is 246 g/mol. The number of carboxylic acids is 1. The first-order chi connectivity index (χ1) is 6.73. The Morgan fingerprint density at radius 1 is 1.20 bits per heavy atom. The van der Waals surface area contributed by atoms with Crippen LogP contribution in [-0.4, -0.2) is 11.1 Å². The van der Waals surface area contributed by atoms with E-state index in [4.69, 9.17) is 28.3 Å². The Balaban J connectivity index is 3.39. The first kappa shape index (κ1) is 12.3. The molecule has 0 aliphatic carbocycles. The van der Waals surface area contributed by atoms with Crippen LogP contribution in [0, 0.1) is 0 Å². The lowest BCUT2D eigenvalue weighted by Crippen LogP contribution is -2.12. The number of carboxylic acid groups (broad SMARTS) is 1. The SMILES string of the molecule is CC(C)(C)c1cc(Cl)c(C(=O)O)c(Cl)c1. The fraction of sp³-hybridized carbons (Fsp3) is 0.364. The van der Waals surface area contributed by atoms with Crippen LogP contribution in [0.3, 0.4) is 0 Å². The van der Waals surface area contributed by atoms with Crippen molar-refractivity contribution >= 4 is 29.2 Å². The Labute approximate surface area is 98.8 Å². The minimum atomic E-state index is -1.11. The zero-order valence-corrected chi connectivity index (χ0v) is 10.3. The average molecular weight is 247 g/mol. The molecule has 0 fully saturated rings. The summed E-state index contributed by atoms with van der Waals surface area (Å²) in [5.41, 5.74) is 0.776. The summed E-state index contributed by atoms with van der Waals surface area (Å²) in [7, 11) is 0. The molecule has 0 heterocycles. The van der Waals surface area contributed by atoms with Crippen LogP contribution in [0.1, 0.15) is 36.7 Å². The lowest BCUT2D eigenvalue weighted by molar-refractivity contribution is 0.0697. The van der Waals surface area contributed by atoms with E-state index in [1.54, 1.807) is 12.1 Å². The Bertz CT molecular complexity index is 383. The summed E-state index contributed by atoms with van der Waals surface area (Å²) in [5, 5.41) is 9.23. The molecule has 0 radical (unpaired) electrons. The molecule has 0 aliphatic heterocycles. The third-order valence-corrected chi connectivity index (χ3v) is 2.72. The van der Waals surface area contributed by atoms with Gasteiger partial charge < -0.3 is 5.11 Å². The number of benzene rings is 1. The van der Waals surface area contributed by atoms with Gasteiger partial charge in [0.2, 0.25) is 0 Å². The van der Waals surface area contributed by atoms with Crippen LogP contribution in [0.2, 0.25) is 10.0 Å². The van der Waals surface area contributed by atoms with E-state index in [0.29, 0.717) is 0 Å². The first-order valence-electron chi connectivity index (χ1n) is 4.46. The minimum absolute atomic E-state index is 0.0358. The van der Waals surface area contributed by atoms with E-state index < -0.39 is 5.97 Å². The molecule has 0 aliphatic rings. The molecule has 0 saturated carbocycles. The normalized spacial score (nSPS) is 11.5. The number of aromatic carboxylic acids is 1. The van der Waals surface area contributed by atoms with E-state index >= 15 is 0 Å². The smallest absolute Gasteiger partial charge is 0.338 e. The molecule has 0 amide bonds. The van der Waals surface area contributed by atoms with Gasteiger partial charge in [-0.2, -0.15) is 0 Å². The van der Waals surface area contributed by atoms with Crippen molar-refractivity contribution in [1.82, 2.24) is 0 Å². The van der Waals surface area contributed by atoms with Crippen molar-refractivity contribution in [2.75, 3.05) is 0 Å². The molecule has 1 N–H and O–H groups in total. The van der Waals surface area contributed by atoms with Gasteiger partial charge in [-0.25, -0.2) is 4.79 Å². The third kappa shape index (κ3) is 2.64. The van der Waals surface area contributed by atoms with Gasteiger partial charge in [-0.15, -0.1) is 0 Å². The maximum Gasteiger partial charge on any atom is 0.338 e. The predicted molar refractivity (Wildman–Crippen MR) is 62.1 cm³/mol. The Morgan fingerprint density at radius 2 is 1.60 bits per heavy atom. The second kappa shape index (κ2) is 4.03. The highest BCUT2D eigenvalue weighted by atomic mass is 35.5. The molecule has 1 aromatic rings. The average Bonchev–Trinajstić information content (AvgIpc) is 1.99. The van der Waals surface area contributed by atoms with E-state index in [2.05, 4.69) is 0 Å². The maximum atomic E-state index is 10.8. The van der Waals surface area contributed by atoms with Gasteiger partial charge >= 0.3 is 5.97 Å². The third-order valence-electron chi connectivity index (χ3n) is 2.12. The van der Waals surface area contributed by atoms with Crippen LogP contribution in [0.5, 0.6) is 0 Å². The lowest BCUT2D eigenvalue weighted by Gasteiger charge is -2.20. The summed E-state index contributed by atoms with van der Waals surface area (Å²) < 4.78 is 0. The summed E-state index contributed by atoms with van der Waals surface area (Å²) in [4.78, 5) is 10.8. The van der Waals surface area contributed by atoms with Crippen molar-refractivity contribution < 1.29 is 9.90 Å².